The molecule has 0 saturated heterocycles. The van der Waals surface area contributed by atoms with Gasteiger partial charge in [0.2, 0.25) is 6.79 Å². The van der Waals surface area contributed by atoms with Gasteiger partial charge < -0.3 is 19.7 Å². The van der Waals surface area contributed by atoms with Crippen LogP contribution in [0, 0.1) is 0 Å². The molecular formula is C14H11NO5. The average Bonchev–Trinajstić information content (AvgIpc) is 2.93. The first-order chi connectivity index (χ1) is 9.65. The van der Waals surface area contributed by atoms with Crippen molar-refractivity contribution in [1.82, 2.24) is 4.98 Å². The van der Waals surface area contributed by atoms with Crippen LogP contribution in [0.2, 0.25) is 0 Å². The fraction of sp³-hybridized carbons (Fsp3) is 0.143. The van der Waals surface area contributed by atoms with Crippen LogP contribution in [0.4, 0.5) is 0 Å². The highest BCUT2D eigenvalue weighted by atomic mass is 16.7. The number of hydrogen-bond acceptors (Lipinski definition) is 5. The molecule has 0 saturated carbocycles. The molecule has 6 heteroatoms. The Labute approximate surface area is 114 Å². The minimum Gasteiger partial charge on any atom is -0.479 e. The number of rotatable bonds is 3. The average molecular weight is 273 g/mol. The van der Waals surface area contributed by atoms with E-state index in [9.17, 15) is 9.90 Å². The maximum atomic E-state index is 10.8. The summed E-state index contributed by atoms with van der Waals surface area (Å²) in [5, 5.41) is 18.3. The molecule has 0 amide bonds. The lowest BCUT2D eigenvalue weighted by atomic mass is 10.1. The lowest BCUT2D eigenvalue weighted by Crippen LogP contribution is -2.12. The molecule has 2 N–H and O–H groups in total. The number of aromatic nitrogens is 1. The maximum Gasteiger partial charge on any atom is 0.338 e. The summed E-state index contributed by atoms with van der Waals surface area (Å²) >= 11 is 0. The number of carboxylic acid groups (broad SMARTS) is 1. The molecule has 0 fully saturated rings. The van der Waals surface area contributed by atoms with Crippen LogP contribution in [0.15, 0.2) is 36.4 Å². The van der Waals surface area contributed by atoms with Gasteiger partial charge in [-0.2, -0.15) is 0 Å². The highest BCUT2D eigenvalue weighted by molar-refractivity contribution is 5.74. The molecule has 6 nitrogen and oxygen atoms in total. The summed E-state index contributed by atoms with van der Waals surface area (Å²) in [4.78, 5) is 14.9. The monoisotopic (exact) mass is 273 g/mol. The zero-order chi connectivity index (χ0) is 14.1. The van der Waals surface area contributed by atoms with Gasteiger partial charge in [-0.15, -0.1) is 0 Å². The summed E-state index contributed by atoms with van der Waals surface area (Å²) in [6, 6.07) is 10.2. The molecule has 2 aromatic rings. The van der Waals surface area contributed by atoms with Crippen molar-refractivity contribution >= 4 is 5.97 Å². The zero-order valence-electron chi connectivity index (χ0n) is 10.3. The van der Waals surface area contributed by atoms with E-state index in [4.69, 9.17) is 14.6 Å². The fourth-order valence-corrected chi connectivity index (χ4v) is 1.95. The standard InChI is InChI=1S/C14H11NO5/c16-13(14(17)18)10-3-1-2-9(15-10)8-4-5-11-12(6-8)20-7-19-11/h1-6,13,16H,7H2,(H,17,18)/t13-/m0/s1. The van der Waals surface area contributed by atoms with Crippen LogP contribution in [0.25, 0.3) is 11.3 Å². The lowest BCUT2D eigenvalue weighted by molar-refractivity contribution is -0.147. The highest BCUT2D eigenvalue weighted by Gasteiger charge is 2.19. The van der Waals surface area contributed by atoms with E-state index >= 15 is 0 Å². The molecule has 2 heterocycles. The van der Waals surface area contributed by atoms with E-state index in [2.05, 4.69) is 4.98 Å². The van der Waals surface area contributed by atoms with Crippen molar-refractivity contribution in [3.8, 4) is 22.8 Å². The molecule has 0 aliphatic carbocycles. The zero-order valence-corrected chi connectivity index (χ0v) is 10.3. The Morgan fingerprint density at radius 1 is 1.20 bits per heavy atom. The van der Waals surface area contributed by atoms with E-state index in [-0.39, 0.29) is 12.5 Å². The van der Waals surface area contributed by atoms with Crippen molar-refractivity contribution in [1.29, 1.82) is 0 Å². The van der Waals surface area contributed by atoms with E-state index in [0.717, 1.165) is 5.56 Å². The Morgan fingerprint density at radius 2 is 2.00 bits per heavy atom. The number of carbonyl (C=O) groups is 1. The predicted molar refractivity (Wildman–Crippen MR) is 68.4 cm³/mol. The highest BCUT2D eigenvalue weighted by Crippen LogP contribution is 2.35. The Bertz CT molecular complexity index is 670. The van der Waals surface area contributed by atoms with Gasteiger partial charge >= 0.3 is 5.97 Å². The van der Waals surface area contributed by atoms with Gasteiger partial charge in [-0.25, -0.2) is 9.78 Å². The molecule has 1 aliphatic heterocycles. The number of aliphatic hydroxyl groups excluding tert-OH is 1. The number of fused-ring (bicyclic) bond motifs is 1. The van der Waals surface area contributed by atoms with Crippen molar-refractivity contribution in [2.24, 2.45) is 0 Å². The first-order valence-corrected chi connectivity index (χ1v) is 5.93. The Balaban J connectivity index is 1.98. The fourth-order valence-electron chi connectivity index (χ4n) is 1.95. The molecule has 3 rings (SSSR count). The summed E-state index contributed by atoms with van der Waals surface area (Å²) in [6.45, 7) is 0.185. The summed E-state index contributed by atoms with van der Waals surface area (Å²) in [6.07, 6.45) is -1.64. The van der Waals surface area contributed by atoms with Gasteiger partial charge in [0.05, 0.1) is 11.4 Å². The molecule has 102 valence electrons. The molecule has 1 aliphatic rings. The van der Waals surface area contributed by atoms with Crippen molar-refractivity contribution in [2.45, 2.75) is 6.10 Å². The van der Waals surface area contributed by atoms with Gasteiger partial charge in [-0.05, 0) is 30.3 Å². The minimum atomic E-state index is -1.64. The predicted octanol–water partition coefficient (Wildman–Crippen LogP) is 1.60. The number of nitrogens with zero attached hydrogens (tertiary/aromatic N) is 1. The van der Waals surface area contributed by atoms with Gasteiger partial charge in [0.25, 0.3) is 0 Å². The minimum absolute atomic E-state index is 0.0904. The van der Waals surface area contributed by atoms with E-state index in [1.54, 1.807) is 30.3 Å². The Kier molecular flexibility index (Phi) is 3.00. The maximum absolute atomic E-state index is 10.8. The normalized spacial score (nSPS) is 14.1. The Morgan fingerprint density at radius 3 is 2.80 bits per heavy atom. The number of ether oxygens (including phenoxy) is 2. The molecule has 0 unspecified atom stereocenters. The van der Waals surface area contributed by atoms with Gasteiger partial charge in [0, 0.05) is 5.56 Å². The number of benzene rings is 1. The lowest BCUT2D eigenvalue weighted by Gasteiger charge is -2.08. The van der Waals surface area contributed by atoms with Crippen LogP contribution in [0.5, 0.6) is 11.5 Å². The van der Waals surface area contributed by atoms with Crippen molar-refractivity contribution in [2.75, 3.05) is 6.79 Å². The van der Waals surface area contributed by atoms with Crippen LogP contribution >= 0.6 is 0 Å². The van der Waals surface area contributed by atoms with Crippen molar-refractivity contribution in [3.05, 3.63) is 42.1 Å². The molecule has 0 spiro atoms. The molecule has 1 aromatic heterocycles. The van der Waals surface area contributed by atoms with Gasteiger partial charge in [0.1, 0.15) is 0 Å². The topological polar surface area (TPSA) is 88.9 Å². The SMILES string of the molecule is O=C(O)[C@@H](O)c1cccc(-c2ccc3c(c2)OCO3)n1. The largest absolute Gasteiger partial charge is 0.479 e. The third-order valence-electron chi connectivity index (χ3n) is 2.95. The van der Waals surface area contributed by atoms with Crippen LogP contribution < -0.4 is 9.47 Å². The van der Waals surface area contributed by atoms with Gasteiger partial charge in [0.15, 0.2) is 17.6 Å². The first-order valence-electron chi connectivity index (χ1n) is 5.93. The molecule has 0 radical (unpaired) electrons. The third-order valence-corrected chi connectivity index (χ3v) is 2.95. The van der Waals surface area contributed by atoms with Crippen molar-refractivity contribution < 1.29 is 24.5 Å². The van der Waals surface area contributed by atoms with E-state index in [1.807, 2.05) is 0 Å². The van der Waals surface area contributed by atoms with E-state index in [0.29, 0.717) is 17.2 Å². The summed E-state index contributed by atoms with van der Waals surface area (Å²) in [7, 11) is 0. The van der Waals surface area contributed by atoms with Crippen LogP contribution in [-0.2, 0) is 4.79 Å². The number of hydrogen-bond donors (Lipinski definition) is 2. The quantitative estimate of drug-likeness (QED) is 0.882. The molecule has 1 aromatic carbocycles. The second-order valence-corrected chi connectivity index (χ2v) is 4.26. The van der Waals surface area contributed by atoms with Gasteiger partial charge in [-0.3, -0.25) is 0 Å². The van der Waals surface area contributed by atoms with E-state index < -0.39 is 12.1 Å². The second-order valence-electron chi connectivity index (χ2n) is 4.26. The molecular weight excluding hydrogens is 262 g/mol. The molecule has 1 atom stereocenters. The smallest absolute Gasteiger partial charge is 0.338 e. The number of aliphatic hydroxyl groups is 1. The summed E-state index contributed by atoms with van der Waals surface area (Å²) in [5.41, 5.74) is 1.41. The van der Waals surface area contributed by atoms with Crippen LogP contribution in [-0.4, -0.2) is 28.0 Å². The third kappa shape index (κ3) is 2.17. The summed E-state index contributed by atoms with van der Waals surface area (Å²) in [5.74, 6) is -0.0516. The molecule has 20 heavy (non-hydrogen) atoms. The van der Waals surface area contributed by atoms with Crippen molar-refractivity contribution in [3.63, 3.8) is 0 Å². The summed E-state index contributed by atoms with van der Waals surface area (Å²) < 4.78 is 10.5. The number of carboxylic acids is 1. The first kappa shape index (κ1) is 12.4. The second kappa shape index (κ2) is 4.82. The number of aliphatic carboxylic acids is 1. The number of pyridine rings is 1. The Hall–Kier alpha value is -2.60. The van der Waals surface area contributed by atoms with Crippen LogP contribution in [0.3, 0.4) is 0 Å². The van der Waals surface area contributed by atoms with Crippen LogP contribution in [0.1, 0.15) is 11.8 Å². The van der Waals surface area contributed by atoms with Gasteiger partial charge in [-0.1, -0.05) is 6.07 Å². The molecule has 0 bridgehead atoms. The van der Waals surface area contributed by atoms with E-state index in [1.165, 1.54) is 6.07 Å².